The third-order valence-electron chi connectivity index (χ3n) is 4.18. The average Bonchev–Trinajstić information content (AvgIpc) is 3.13. The molecule has 0 spiro atoms. The van der Waals surface area contributed by atoms with Crippen LogP contribution in [0.5, 0.6) is 11.5 Å². The second-order valence-electron chi connectivity index (χ2n) is 7.49. The number of fused-ring (bicyclic) bond motifs is 1. The number of nitrogens with zero attached hydrogens (tertiary/aromatic N) is 1. The zero-order valence-electron chi connectivity index (χ0n) is 16.3. The quantitative estimate of drug-likeness (QED) is 0.626. The third kappa shape index (κ3) is 4.49. The van der Waals surface area contributed by atoms with Crippen LogP contribution in [0, 0.1) is 5.41 Å². The predicted octanol–water partition coefficient (Wildman–Crippen LogP) is 3.55. The molecule has 0 atom stereocenters. The smallest absolute Gasteiger partial charge is 0.271 e. The number of anilines is 1. The maximum Gasteiger partial charge on any atom is 0.271 e. The van der Waals surface area contributed by atoms with Crippen molar-refractivity contribution in [1.82, 2.24) is 5.43 Å². The van der Waals surface area contributed by atoms with Crippen LogP contribution in [0.15, 0.2) is 47.6 Å². The van der Waals surface area contributed by atoms with Crippen molar-refractivity contribution >= 4 is 23.2 Å². The molecule has 0 saturated carbocycles. The highest BCUT2D eigenvalue weighted by atomic mass is 16.7. The first-order chi connectivity index (χ1) is 13.2. The summed E-state index contributed by atoms with van der Waals surface area (Å²) in [6.07, 6.45) is 0. The fraction of sp³-hybridized carbons (Fsp3) is 0.286. The molecular formula is C21H23N3O4. The molecule has 28 heavy (non-hydrogen) atoms. The van der Waals surface area contributed by atoms with Crippen LogP contribution in [0.1, 0.15) is 43.6 Å². The first-order valence-corrected chi connectivity index (χ1v) is 8.90. The van der Waals surface area contributed by atoms with Crippen LogP contribution in [0.3, 0.4) is 0 Å². The maximum atomic E-state index is 12.3. The normalized spacial score (nSPS) is 13.2. The fourth-order valence-electron chi connectivity index (χ4n) is 2.44. The van der Waals surface area contributed by atoms with Crippen LogP contribution >= 0.6 is 0 Å². The number of carbonyl (C=O) groups is 2. The monoisotopic (exact) mass is 381 g/mol. The Morgan fingerprint density at radius 2 is 1.75 bits per heavy atom. The van der Waals surface area contributed by atoms with E-state index in [-0.39, 0.29) is 18.6 Å². The van der Waals surface area contributed by atoms with Gasteiger partial charge in [0.15, 0.2) is 11.5 Å². The van der Waals surface area contributed by atoms with Crippen LogP contribution in [-0.2, 0) is 4.79 Å². The van der Waals surface area contributed by atoms with Crippen molar-refractivity contribution in [1.29, 1.82) is 0 Å². The maximum absolute atomic E-state index is 12.3. The van der Waals surface area contributed by atoms with E-state index < -0.39 is 5.41 Å². The number of carbonyl (C=O) groups excluding carboxylic acids is 2. The van der Waals surface area contributed by atoms with Gasteiger partial charge in [-0.3, -0.25) is 9.59 Å². The van der Waals surface area contributed by atoms with E-state index in [1.807, 2.05) is 45.0 Å². The Kier molecular flexibility index (Phi) is 5.35. The summed E-state index contributed by atoms with van der Waals surface area (Å²) in [6.45, 7) is 7.49. The number of amides is 2. The van der Waals surface area contributed by atoms with Crippen LogP contribution < -0.4 is 20.2 Å². The second kappa shape index (κ2) is 7.72. The van der Waals surface area contributed by atoms with Gasteiger partial charge in [0.1, 0.15) is 0 Å². The number of benzene rings is 2. The Labute approximate surface area is 163 Å². The van der Waals surface area contributed by atoms with Crippen molar-refractivity contribution in [2.45, 2.75) is 27.7 Å². The van der Waals surface area contributed by atoms with Gasteiger partial charge >= 0.3 is 0 Å². The van der Waals surface area contributed by atoms with Crippen molar-refractivity contribution in [3.8, 4) is 11.5 Å². The molecule has 3 rings (SSSR count). The average molecular weight is 381 g/mol. The SMILES string of the molecule is CC(=NNC(=O)c1ccc2c(c1)OCO2)c1cccc(NC(=O)C(C)(C)C)c1. The lowest BCUT2D eigenvalue weighted by atomic mass is 9.95. The summed E-state index contributed by atoms with van der Waals surface area (Å²) in [5.41, 5.74) is 4.55. The van der Waals surface area contributed by atoms with Gasteiger partial charge in [0.25, 0.3) is 5.91 Å². The van der Waals surface area contributed by atoms with Gasteiger partial charge < -0.3 is 14.8 Å². The number of hydrazone groups is 1. The molecule has 2 amide bonds. The van der Waals surface area contributed by atoms with E-state index in [0.29, 0.717) is 28.5 Å². The van der Waals surface area contributed by atoms with E-state index in [1.165, 1.54) is 0 Å². The van der Waals surface area contributed by atoms with Crippen molar-refractivity contribution in [2.24, 2.45) is 10.5 Å². The van der Waals surface area contributed by atoms with Gasteiger partial charge in [-0.1, -0.05) is 32.9 Å². The molecule has 7 nitrogen and oxygen atoms in total. The highest BCUT2D eigenvalue weighted by molar-refractivity contribution is 6.02. The number of hydrogen-bond acceptors (Lipinski definition) is 5. The standard InChI is InChI=1S/C21H23N3O4/c1-13(14-6-5-7-16(10-14)22-20(26)21(2,3)4)23-24-19(25)15-8-9-17-18(11-15)28-12-27-17/h5-11H,12H2,1-4H3,(H,22,26)(H,24,25). The van der Waals surface area contributed by atoms with Crippen LogP contribution in [0.2, 0.25) is 0 Å². The van der Waals surface area contributed by atoms with E-state index in [2.05, 4.69) is 15.8 Å². The molecule has 1 aliphatic heterocycles. The van der Waals surface area contributed by atoms with Gasteiger partial charge in [-0.25, -0.2) is 5.43 Å². The predicted molar refractivity (Wildman–Crippen MR) is 107 cm³/mol. The van der Waals surface area contributed by atoms with Crippen molar-refractivity contribution in [3.05, 3.63) is 53.6 Å². The summed E-state index contributed by atoms with van der Waals surface area (Å²) < 4.78 is 10.5. The molecule has 2 N–H and O–H groups in total. The first kappa shape index (κ1) is 19.4. The van der Waals surface area contributed by atoms with E-state index >= 15 is 0 Å². The molecule has 0 fully saturated rings. The number of hydrogen-bond donors (Lipinski definition) is 2. The molecule has 2 aromatic carbocycles. The van der Waals surface area contributed by atoms with E-state index in [4.69, 9.17) is 9.47 Å². The van der Waals surface area contributed by atoms with Crippen LogP contribution in [0.4, 0.5) is 5.69 Å². The molecule has 146 valence electrons. The summed E-state index contributed by atoms with van der Waals surface area (Å²) in [7, 11) is 0. The van der Waals surface area contributed by atoms with Gasteiger partial charge in [0, 0.05) is 16.7 Å². The molecule has 2 aromatic rings. The first-order valence-electron chi connectivity index (χ1n) is 8.90. The molecule has 0 radical (unpaired) electrons. The lowest BCUT2D eigenvalue weighted by Gasteiger charge is -2.18. The molecule has 0 saturated heterocycles. The summed E-state index contributed by atoms with van der Waals surface area (Å²) in [5, 5.41) is 7.05. The highest BCUT2D eigenvalue weighted by Gasteiger charge is 2.21. The zero-order valence-corrected chi connectivity index (χ0v) is 16.3. The lowest BCUT2D eigenvalue weighted by molar-refractivity contribution is -0.123. The van der Waals surface area contributed by atoms with E-state index in [1.54, 1.807) is 25.1 Å². The summed E-state index contributed by atoms with van der Waals surface area (Å²) >= 11 is 0. The molecule has 7 heteroatoms. The Morgan fingerprint density at radius 1 is 1.00 bits per heavy atom. The zero-order chi connectivity index (χ0) is 20.3. The van der Waals surface area contributed by atoms with E-state index in [0.717, 1.165) is 5.56 Å². The Balaban J connectivity index is 1.69. The Morgan fingerprint density at radius 3 is 2.50 bits per heavy atom. The topological polar surface area (TPSA) is 89.0 Å². The molecule has 0 bridgehead atoms. The summed E-state index contributed by atoms with van der Waals surface area (Å²) in [4.78, 5) is 24.5. The van der Waals surface area contributed by atoms with Crippen molar-refractivity contribution in [2.75, 3.05) is 12.1 Å². The van der Waals surface area contributed by atoms with Gasteiger partial charge in [0.05, 0.1) is 5.71 Å². The second-order valence-corrected chi connectivity index (χ2v) is 7.49. The number of ether oxygens (including phenoxy) is 2. The van der Waals surface area contributed by atoms with Gasteiger partial charge in [-0.2, -0.15) is 5.10 Å². The highest BCUT2D eigenvalue weighted by Crippen LogP contribution is 2.32. The minimum Gasteiger partial charge on any atom is -0.454 e. The van der Waals surface area contributed by atoms with Gasteiger partial charge in [0.2, 0.25) is 12.7 Å². The van der Waals surface area contributed by atoms with E-state index in [9.17, 15) is 9.59 Å². The molecule has 1 heterocycles. The molecule has 0 aromatic heterocycles. The molecule has 0 unspecified atom stereocenters. The Bertz CT molecular complexity index is 945. The van der Waals surface area contributed by atoms with Crippen molar-refractivity contribution in [3.63, 3.8) is 0 Å². The minimum absolute atomic E-state index is 0.0737. The molecular weight excluding hydrogens is 358 g/mol. The number of rotatable bonds is 4. The third-order valence-corrected chi connectivity index (χ3v) is 4.18. The van der Waals surface area contributed by atoms with Crippen LogP contribution in [0.25, 0.3) is 0 Å². The van der Waals surface area contributed by atoms with Crippen molar-refractivity contribution < 1.29 is 19.1 Å². The summed E-state index contributed by atoms with van der Waals surface area (Å²) in [5.74, 6) is 0.728. The largest absolute Gasteiger partial charge is 0.454 e. The van der Waals surface area contributed by atoms with Gasteiger partial charge in [-0.15, -0.1) is 0 Å². The summed E-state index contributed by atoms with van der Waals surface area (Å²) in [6, 6.07) is 12.3. The van der Waals surface area contributed by atoms with Gasteiger partial charge in [-0.05, 0) is 42.8 Å². The Hall–Kier alpha value is -3.35. The minimum atomic E-state index is -0.488. The fourth-order valence-corrected chi connectivity index (χ4v) is 2.44. The van der Waals surface area contributed by atoms with Crippen LogP contribution in [-0.4, -0.2) is 24.3 Å². The molecule has 1 aliphatic rings. The molecule has 0 aliphatic carbocycles. The lowest BCUT2D eigenvalue weighted by Crippen LogP contribution is -2.27. The number of nitrogens with one attached hydrogen (secondary N) is 2.